The van der Waals surface area contributed by atoms with E-state index in [-0.39, 0.29) is 0 Å². The Morgan fingerprint density at radius 3 is 1.69 bits per heavy atom. The van der Waals surface area contributed by atoms with Crippen LogP contribution in [-0.4, -0.2) is 36.0 Å². The van der Waals surface area contributed by atoms with E-state index in [4.69, 9.17) is 9.47 Å². The van der Waals surface area contributed by atoms with E-state index >= 15 is 0 Å². The number of rotatable bonds is 8. The van der Waals surface area contributed by atoms with Gasteiger partial charge in [-0.15, -0.1) is 0 Å². The molecule has 2 aliphatic rings. The summed E-state index contributed by atoms with van der Waals surface area (Å²) >= 11 is 0. The van der Waals surface area contributed by atoms with Crippen molar-refractivity contribution in [3.05, 3.63) is 93.2 Å². The van der Waals surface area contributed by atoms with E-state index in [0.29, 0.717) is 52.1 Å². The molecule has 0 N–H and O–H groups in total. The molecule has 2 heterocycles. The molecule has 0 aliphatic carbocycles. The second-order valence-electron chi connectivity index (χ2n) is 8.68. The van der Waals surface area contributed by atoms with E-state index in [1.807, 2.05) is 30.3 Å². The molecule has 3 aromatic carbocycles. The first-order valence-corrected chi connectivity index (χ1v) is 14.3. The van der Waals surface area contributed by atoms with Crippen molar-refractivity contribution in [3.8, 4) is 11.5 Å². The zero-order valence-corrected chi connectivity index (χ0v) is 21.5. The summed E-state index contributed by atoms with van der Waals surface area (Å²) in [4.78, 5) is 2.75. The zero-order valence-electron chi connectivity index (χ0n) is 19.8. The molecule has 0 unspecified atom stereocenters. The predicted molar refractivity (Wildman–Crippen MR) is 138 cm³/mol. The van der Waals surface area contributed by atoms with Gasteiger partial charge in [0.25, 0.3) is 0 Å². The van der Waals surface area contributed by atoms with Crippen LogP contribution < -0.4 is 9.47 Å². The van der Waals surface area contributed by atoms with Crippen LogP contribution in [-0.2, 0) is 39.3 Å². The van der Waals surface area contributed by atoms with Crippen LogP contribution in [0.1, 0.15) is 27.8 Å². The predicted octanol–water partition coefficient (Wildman–Crippen LogP) is 4.42. The fourth-order valence-corrected chi connectivity index (χ4v) is 7.14. The van der Waals surface area contributed by atoms with Gasteiger partial charge in [0.2, 0.25) is 0 Å². The van der Waals surface area contributed by atoms with Gasteiger partial charge in [0, 0.05) is 42.1 Å². The van der Waals surface area contributed by atoms with Crippen LogP contribution in [0.5, 0.6) is 11.5 Å². The van der Waals surface area contributed by atoms with Crippen LogP contribution in [0.15, 0.2) is 75.2 Å². The molecule has 9 heteroatoms. The Bertz CT molecular complexity index is 1530. The molecular weight excluding hydrogens is 498 g/mol. The number of hydrogen-bond donors (Lipinski definition) is 0. The topological polar surface area (TPSA) is 90.0 Å². The average Bonchev–Trinajstić information content (AvgIpc) is 3.35. The molecule has 0 aromatic heterocycles. The quantitative estimate of drug-likeness (QED) is 0.432. The Morgan fingerprint density at radius 2 is 1.19 bits per heavy atom. The third kappa shape index (κ3) is 4.45. The fraction of sp³-hybridized carbons (Fsp3) is 0.185. The Kier molecular flexibility index (Phi) is 6.23. The molecular formula is C27H25NO6S2. The van der Waals surface area contributed by atoms with Crippen molar-refractivity contribution in [3.63, 3.8) is 0 Å². The number of hydrogen-bond acceptors (Lipinski definition) is 7. The first-order chi connectivity index (χ1) is 17.2. The van der Waals surface area contributed by atoms with Crippen molar-refractivity contribution in [1.29, 1.82) is 0 Å². The molecule has 0 radical (unpaired) electrons. The molecule has 3 aromatic rings. The molecule has 7 nitrogen and oxygen atoms in total. The first kappa shape index (κ1) is 24.3. The molecule has 186 valence electrons. The Balaban J connectivity index is 1.54. The standard InChI is InChI=1S/C27H25NO6S2/c1-33-22-10-9-21(25(15-22)34-2)18-28(16-19-5-3-7-26-23(19)11-13-35(26,29)30)17-20-6-4-8-27-24(20)12-14-36(27,31)32/h3-15H,16-18H2,1-2H3. The van der Waals surface area contributed by atoms with Gasteiger partial charge in [-0.25, -0.2) is 16.8 Å². The van der Waals surface area contributed by atoms with Crippen molar-refractivity contribution in [2.45, 2.75) is 29.4 Å². The summed E-state index contributed by atoms with van der Waals surface area (Å²) in [6, 6.07) is 16.2. The van der Waals surface area contributed by atoms with Gasteiger partial charge in [0.15, 0.2) is 19.7 Å². The maximum absolute atomic E-state index is 12.4. The minimum atomic E-state index is -3.43. The summed E-state index contributed by atoms with van der Waals surface area (Å²) in [5.41, 5.74) is 4.03. The number of fused-ring (bicyclic) bond motifs is 2. The van der Waals surface area contributed by atoms with E-state index in [0.717, 1.165) is 16.7 Å². The molecule has 0 bridgehead atoms. The van der Waals surface area contributed by atoms with Crippen molar-refractivity contribution in [2.75, 3.05) is 14.2 Å². The highest BCUT2D eigenvalue weighted by Gasteiger charge is 2.26. The highest BCUT2D eigenvalue weighted by molar-refractivity contribution is 7.95. The maximum Gasteiger partial charge on any atom is 0.200 e. The minimum absolute atomic E-state index is 0.302. The highest BCUT2D eigenvalue weighted by atomic mass is 32.2. The van der Waals surface area contributed by atoms with E-state index in [1.54, 1.807) is 50.6 Å². The van der Waals surface area contributed by atoms with Gasteiger partial charge in [0.1, 0.15) is 11.5 Å². The molecule has 0 saturated carbocycles. The number of nitrogens with zero attached hydrogens (tertiary/aromatic N) is 1. The average molecular weight is 524 g/mol. The van der Waals surface area contributed by atoms with E-state index in [1.165, 1.54) is 10.8 Å². The van der Waals surface area contributed by atoms with Crippen LogP contribution in [0.3, 0.4) is 0 Å². The summed E-state index contributed by atoms with van der Waals surface area (Å²) in [6.45, 7) is 1.37. The van der Waals surface area contributed by atoms with Crippen LogP contribution >= 0.6 is 0 Å². The lowest BCUT2D eigenvalue weighted by atomic mass is 10.0. The lowest BCUT2D eigenvalue weighted by Gasteiger charge is -2.25. The third-order valence-electron chi connectivity index (χ3n) is 6.43. The van der Waals surface area contributed by atoms with Crippen molar-refractivity contribution < 1.29 is 26.3 Å². The summed E-state index contributed by atoms with van der Waals surface area (Å²) in [7, 11) is -3.67. The van der Waals surface area contributed by atoms with E-state index in [2.05, 4.69) is 4.90 Å². The second kappa shape index (κ2) is 9.24. The maximum atomic E-state index is 12.4. The monoisotopic (exact) mass is 523 g/mol. The van der Waals surface area contributed by atoms with Crippen LogP contribution in [0.25, 0.3) is 12.2 Å². The van der Waals surface area contributed by atoms with Crippen LogP contribution in [0, 0.1) is 0 Å². The van der Waals surface area contributed by atoms with Gasteiger partial charge in [-0.2, -0.15) is 0 Å². The van der Waals surface area contributed by atoms with Gasteiger partial charge in [-0.05, 0) is 52.6 Å². The Hall–Kier alpha value is -3.40. The van der Waals surface area contributed by atoms with Crippen molar-refractivity contribution >= 4 is 31.8 Å². The summed E-state index contributed by atoms with van der Waals surface area (Å²) in [6.07, 6.45) is 3.28. The molecule has 0 amide bonds. The van der Waals surface area contributed by atoms with Gasteiger partial charge in [0.05, 0.1) is 24.0 Å². The first-order valence-electron chi connectivity index (χ1n) is 11.3. The SMILES string of the molecule is COc1ccc(CN(Cc2cccc3c2C=CS3(=O)=O)Cc2cccc3c2C=CS3(=O)=O)c(OC)c1. The lowest BCUT2D eigenvalue weighted by Crippen LogP contribution is -2.24. The van der Waals surface area contributed by atoms with Crippen LogP contribution in [0.2, 0.25) is 0 Å². The van der Waals surface area contributed by atoms with Crippen molar-refractivity contribution in [2.24, 2.45) is 0 Å². The summed E-state index contributed by atoms with van der Waals surface area (Å²) in [5, 5.41) is 2.47. The molecule has 36 heavy (non-hydrogen) atoms. The number of benzene rings is 3. The third-order valence-corrected chi connectivity index (χ3v) is 9.36. The lowest BCUT2D eigenvalue weighted by molar-refractivity contribution is 0.242. The van der Waals surface area contributed by atoms with E-state index in [9.17, 15) is 16.8 Å². The number of methoxy groups -OCH3 is 2. The number of sulfone groups is 2. The van der Waals surface area contributed by atoms with Crippen molar-refractivity contribution in [1.82, 2.24) is 4.90 Å². The molecule has 2 aliphatic heterocycles. The largest absolute Gasteiger partial charge is 0.497 e. The zero-order chi connectivity index (χ0) is 25.5. The van der Waals surface area contributed by atoms with Gasteiger partial charge in [-0.3, -0.25) is 4.90 Å². The van der Waals surface area contributed by atoms with E-state index < -0.39 is 19.7 Å². The fourth-order valence-electron chi connectivity index (χ4n) is 4.66. The van der Waals surface area contributed by atoms with Crippen LogP contribution in [0.4, 0.5) is 0 Å². The van der Waals surface area contributed by atoms with Gasteiger partial charge >= 0.3 is 0 Å². The second-order valence-corrected chi connectivity index (χ2v) is 12.3. The normalized spacial score (nSPS) is 16.2. The van der Waals surface area contributed by atoms with Gasteiger partial charge in [-0.1, -0.05) is 30.3 Å². The molecule has 0 spiro atoms. The molecule has 0 atom stereocenters. The Labute approximate surface area is 211 Å². The molecule has 0 saturated heterocycles. The summed E-state index contributed by atoms with van der Waals surface area (Å²) in [5.74, 6) is 1.34. The smallest absolute Gasteiger partial charge is 0.200 e. The Morgan fingerprint density at radius 1 is 0.667 bits per heavy atom. The number of ether oxygens (including phenoxy) is 2. The molecule has 0 fully saturated rings. The summed E-state index contributed by atoms with van der Waals surface area (Å²) < 4.78 is 60.6. The van der Waals surface area contributed by atoms with Gasteiger partial charge < -0.3 is 9.47 Å². The highest BCUT2D eigenvalue weighted by Crippen LogP contribution is 2.34. The minimum Gasteiger partial charge on any atom is -0.497 e. The molecule has 5 rings (SSSR count).